The molecule has 160 valence electrons. The second-order valence-corrected chi connectivity index (χ2v) is 8.88. The lowest BCUT2D eigenvalue weighted by Crippen LogP contribution is -2.43. The molecule has 0 spiro atoms. The zero-order valence-electron chi connectivity index (χ0n) is 17.7. The third-order valence-corrected chi connectivity index (χ3v) is 5.89. The van der Waals surface area contributed by atoms with E-state index < -0.39 is 0 Å². The monoisotopic (exact) mass is 473 g/mol. The second kappa shape index (κ2) is 10.1. The van der Waals surface area contributed by atoms with Crippen molar-refractivity contribution in [3.05, 3.63) is 52.1 Å². The van der Waals surface area contributed by atoms with Crippen LogP contribution in [-0.4, -0.2) is 41.4 Å². The van der Waals surface area contributed by atoms with E-state index in [1.807, 2.05) is 18.2 Å². The average molecular weight is 474 g/mol. The summed E-state index contributed by atoms with van der Waals surface area (Å²) in [6.45, 7) is 7.50. The van der Waals surface area contributed by atoms with Gasteiger partial charge in [-0.25, -0.2) is 4.98 Å². The van der Waals surface area contributed by atoms with Gasteiger partial charge in [0.25, 0.3) is 5.91 Å². The molecule has 1 saturated heterocycles. The highest BCUT2D eigenvalue weighted by Gasteiger charge is 2.27. The fraction of sp³-hybridized carbons (Fsp3) is 0.435. The molecule has 2 aromatic rings. The molecule has 1 N–H and O–H groups in total. The number of ether oxygens (including phenoxy) is 1. The molecule has 0 atom stereocenters. The van der Waals surface area contributed by atoms with E-state index in [1.54, 1.807) is 17.2 Å². The topological polar surface area (TPSA) is 71.5 Å². The minimum atomic E-state index is -0.119. The van der Waals surface area contributed by atoms with E-state index >= 15 is 0 Å². The molecule has 2 heterocycles. The molecule has 0 radical (unpaired) electrons. The summed E-state index contributed by atoms with van der Waals surface area (Å²) in [5, 5.41) is 2.85. The first kappa shape index (κ1) is 22.3. The van der Waals surface area contributed by atoms with Crippen molar-refractivity contribution in [3.63, 3.8) is 0 Å². The predicted molar refractivity (Wildman–Crippen MR) is 121 cm³/mol. The minimum Gasteiger partial charge on any atom is -0.484 e. The van der Waals surface area contributed by atoms with Gasteiger partial charge < -0.3 is 15.0 Å². The number of hydrogen-bond acceptors (Lipinski definition) is 4. The number of amides is 2. The van der Waals surface area contributed by atoms with Gasteiger partial charge in [-0.05, 0) is 77.0 Å². The van der Waals surface area contributed by atoms with E-state index in [0.717, 1.165) is 4.47 Å². The number of nitrogens with zero attached hydrogens (tertiary/aromatic N) is 2. The standard InChI is InChI=1S/C23H28BrN3O3/c1-15(2)20-6-5-19(12-16(20)3)30-14-22(28)27-10-8-17(9-11-27)23(29)26-21-7-4-18(24)13-25-21/h4-7,12-13,15,17H,8-11,14H2,1-3H3,(H,25,26,29). The van der Waals surface area contributed by atoms with Gasteiger partial charge in [-0.15, -0.1) is 0 Å². The Hall–Kier alpha value is -2.41. The van der Waals surface area contributed by atoms with Crippen molar-refractivity contribution in [2.24, 2.45) is 5.92 Å². The molecule has 1 aliphatic heterocycles. The van der Waals surface area contributed by atoms with E-state index in [-0.39, 0.29) is 24.3 Å². The summed E-state index contributed by atoms with van der Waals surface area (Å²) in [5.41, 5.74) is 2.45. The summed E-state index contributed by atoms with van der Waals surface area (Å²) >= 11 is 3.33. The predicted octanol–water partition coefficient (Wildman–Crippen LogP) is 4.53. The Labute approximate surface area is 186 Å². The van der Waals surface area contributed by atoms with Gasteiger partial charge in [-0.3, -0.25) is 9.59 Å². The number of benzene rings is 1. The smallest absolute Gasteiger partial charge is 0.260 e. The van der Waals surface area contributed by atoms with Crippen LogP contribution in [0.5, 0.6) is 5.75 Å². The molecule has 0 bridgehead atoms. The Morgan fingerprint density at radius 3 is 2.57 bits per heavy atom. The zero-order chi connectivity index (χ0) is 21.7. The van der Waals surface area contributed by atoms with E-state index in [0.29, 0.717) is 43.4 Å². The van der Waals surface area contributed by atoms with E-state index in [1.165, 1.54) is 11.1 Å². The summed E-state index contributed by atoms with van der Waals surface area (Å²) in [6, 6.07) is 9.55. The van der Waals surface area contributed by atoms with Crippen molar-refractivity contribution >= 4 is 33.6 Å². The van der Waals surface area contributed by atoms with Crippen molar-refractivity contribution in [1.82, 2.24) is 9.88 Å². The van der Waals surface area contributed by atoms with Gasteiger partial charge in [-0.2, -0.15) is 0 Å². The summed E-state index contributed by atoms with van der Waals surface area (Å²) in [6.07, 6.45) is 2.92. The number of anilines is 1. The SMILES string of the molecule is Cc1cc(OCC(=O)N2CCC(C(=O)Nc3ccc(Br)cn3)CC2)ccc1C(C)C. The molecule has 1 aliphatic rings. The number of carbonyl (C=O) groups is 2. The number of nitrogens with one attached hydrogen (secondary N) is 1. The summed E-state index contributed by atoms with van der Waals surface area (Å²) in [7, 11) is 0. The lowest BCUT2D eigenvalue weighted by molar-refractivity contribution is -0.136. The summed E-state index contributed by atoms with van der Waals surface area (Å²) < 4.78 is 6.58. The molecule has 6 nitrogen and oxygen atoms in total. The molecule has 30 heavy (non-hydrogen) atoms. The summed E-state index contributed by atoms with van der Waals surface area (Å²) in [4.78, 5) is 30.9. The maximum absolute atomic E-state index is 12.5. The third-order valence-electron chi connectivity index (χ3n) is 5.42. The summed E-state index contributed by atoms with van der Waals surface area (Å²) in [5.74, 6) is 1.49. The molecular formula is C23H28BrN3O3. The van der Waals surface area contributed by atoms with Crippen LogP contribution in [0.3, 0.4) is 0 Å². The largest absolute Gasteiger partial charge is 0.484 e. The average Bonchev–Trinajstić information content (AvgIpc) is 2.73. The van der Waals surface area contributed by atoms with Crippen molar-refractivity contribution < 1.29 is 14.3 Å². The quantitative estimate of drug-likeness (QED) is 0.668. The number of aryl methyl sites for hydroxylation is 1. The van der Waals surface area contributed by atoms with Crippen LogP contribution in [0.25, 0.3) is 0 Å². The van der Waals surface area contributed by atoms with Gasteiger partial charge in [0.05, 0.1) is 0 Å². The second-order valence-electron chi connectivity index (χ2n) is 7.97. The lowest BCUT2D eigenvalue weighted by atomic mass is 9.96. The van der Waals surface area contributed by atoms with Crippen LogP contribution < -0.4 is 10.1 Å². The first-order valence-electron chi connectivity index (χ1n) is 10.3. The lowest BCUT2D eigenvalue weighted by Gasteiger charge is -2.31. The van der Waals surface area contributed by atoms with E-state index in [2.05, 4.69) is 53.1 Å². The van der Waals surface area contributed by atoms with E-state index in [9.17, 15) is 9.59 Å². The minimum absolute atomic E-state index is 0.0140. The maximum atomic E-state index is 12.5. The molecular weight excluding hydrogens is 446 g/mol. The number of halogens is 1. The Balaban J connectivity index is 1.45. The fourth-order valence-electron chi connectivity index (χ4n) is 3.69. The van der Waals surface area contributed by atoms with Crippen molar-refractivity contribution in [3.8, 4) is 5.75 Å². The van der Waals surface area contributed by atoms with Crippen LogP contribution in [-0.2, 0) is 9.59 Å². The molecule has 0 unspecified atom stereocenters. The van der Waals surface area contributed by atoms with Crippen LogP contribution in [0.4, 0.5) is 5.82 Å². The molecule has 1 fully saturated rings. The Bertz CT molecular complexity index is 891. The van der Waals surface area contributed by atoms with Crippen LogP contribution in [0.15, 0.2) is 41.0 Å². The first-order valence-corrected chi connectivity index (χ1v) is 11.1. The molecule has 7 heteroatoms. The van der Waals surface area contributed by atoms with Crippen LogP contribution in [0.2, 0.25) is 0 Å². The van der Waals surface area contributed by atoms with Gasteiger partial charge in [0.15, 0.2) is 6.61 Å². The molecule has 1 aromatic carbocycles. The van der Waals surface area contributed by atoms with Gasteiger partial charge >= 0.3 is 0 Å². The van der Waals surface area contributed by atoms with Crippen molar-refractivity contribution in [2.75, 3.05) is 25.0 Å². The third kappa shape index (κ3) is 5.81. The highest BCUT2D eigenvalue weighted by Crippen LogP contribution is 2.24. The van der Waals surface area contributed by atoms with Crippen LogP contribution >= 0.6 is 15.9 Å². The normalized spacial score (nSPS) is 14.6. The number of hydrogen-bond donors (Lipinski definition) is 1. The van der Waals surface area contributed by atoms with Crippen LogP contribution in [0, 0.1) is 12.8 Å². The van der Waals surface area contributed by atoms with E-state index in [4.69, 9.17) is 4.74 Å². The van der Waals surface area contributed by atoms with Crippen LogP contribution in [0.1, 0.15) is 43.7 Å². The van der Waals surface area contributed by atoms with Gasteiger partial charge in [0, 0.05) is 29.7 Å². The molecule has 3 rings (SSSR count). The Morgan fingerprint density at radius 1 is 1.23 bits per heavy atom. The number of carbonyl (C=O) groups excluding carboxylic acids is 2. The number of aromatic nitrogens is 1. The van der Waals surface area contributed by atoms with Crippen molar-refractivity contribution in [2.45, 2.75) is 39.5 Å². The Morgan fingerprint density at radius 2 is 1.97 bits per heavy atom. The molecule has 0 aliphatic carbocycles. The first-order chi connectivity index (χ1) is 14.3. The number of likely N-dealkylation sites (tertiary alicyclic amines) is 1. The molecule has 1 aromatic heterocycles. The highest BCUT2D eigenvalue weighted by atomic mass is 79.9. The fourth-order valence-corrected chi connectivity index (χ4v) is 3.93. The Kier molecular flexibility index (Phi) is 7.48. The maximum Gasteiger partial charge on any atom is 0.260 e. The van der Waals surface area contributed by atoms with Gasteiger partial charge in [-0.1, -0.05) is 19.9 Å². The molecule has 2 amide bonds. The number of rotatable bonds is 6. The zero-order valence-corrected chi connectivity index (χ0v) is 19.2. The van der Waals surface area contributed by atoms with Crippen molar-refractivity contribution in [1.29, 1.82) is 0 Å². The van der Waals surface area contributed by atoms with Gasteiger partial charge in [0.2, 0.25) is 5.91 Å². The number of pyridine rings is 1. The van der Waals surface area contributed by atoms with Gasteiger partial charge in [0.1, 0.15) is 11.6 Å². The number of piperidine rings is 1. The highest BCUT2D eigenvalue weighted by molar-refractivity contribution is 9.10. The molecule has 0 saturated carbocycles.